The van der Waals surface area contributed by atoms with Crippen molar-refractivity contribution in [2.45, 2.75) is 50.7 Å². The number of ether oxygens (including phenoxy) is 3. The Morgan fingerprint density at radius 3 is 2.43 bits per heavy atom. The van der Waals surface area contributed by atoms with Gasteiger partial charge in [0, 0.05) is 18.1 Å². The highest BCUT2D eigenvalue weighted by Crippen LogP contribution is 2.42. The molecule has 0 unspecified atom stereocenters. The summed E-state index contributed by atoms with van der Waals surface area (Å²) in [4.78, 5) is 0.255. The van der Waals surface area contributed by atoms with E-state index in [0.717, 1.165) is 11.1 Å². The number of methoxy groups -OCH3 is 2. The van der Waals surface area contributed by atoms with Crippen molar-refractivity contribution in [3.8, 4) is 17.2 Å². The Morgan fingerprint density at radius 2 is 1.79 bits per heavy atom. The van der Waals surface area contributed by atoms with Gasteiger partial charge in [-0.2, -0.15) is 0 Å². The lowest BCUT2D eigenvalue weighted by molar-refractivity contribution is 0.0699. The zero-order valence-corrected chi connectivity index (χ0v) is 17.9. The maximum atomic E-state index is 13.2. The van der Waals surface area contributed by atoms with Crippen LogP contribution >= 0.6 is 0 Å². The largest absolute Gasteiger partial charge is 0.497 e. The lowest BCUT2D eigenvalue weighted by Gasteiger charge is -2.38. The molecule has 0 bridgehead atoms. The standard InChI is InChI=1S/C21H27NO5S/c1-13-14(2)20(10-9-18(13)26-6)28(23,24)22-17-12-21(3,4)27-19-11-15(25-5)7-8-16(17)19/h7-11,17,22H,12H2,1-6H3/t17-/m1/s1. The minimum absolute atomic E-state index is 0.255. The summed E-state index contributed by atoms with van der Waals surface area (Å²) in [5, 5.41) is 0. The van der Waals surface area contributed by atoms with Gasteiger partial charge in [-0.05, 0) is 57.0 Å². The fourth-order valence-corrected chi connectivity index (χ4v) is 5.11. The number of sulfonamides is 1. The average molecular weight is 406 g/mol. The van der Waals surface area contributed by atoms with Crippen LogP contribution in [0.15, 0.2) is 35.2 Å². The van der Waals surface area contributed by atoms with Gasteiger partial charge in [0.25, 0.3) is 0 Å². The average Bonchev–Trinajstić information content (AvgIpc) is 2.61. The van der Waals surface area contributed by atoms with Crippen molar-refractivity contribution in [2.24, 2.45) is 0 Å². The van der Waals surface area contributed by atoms with Crippen LogP contribution in [-0.4, -0.2) is 28.2 Å². The van der Waals surface area contributed by atoms with Gasteiger partial charge in [0.15, 0.2) is 0 Å². The Hall–Kier alpha value is -2.25. The minimum Gasteiger partial charge on any atom is -0.497 e. The van der Waals surface area contributed by atoms with E-state index in [0.29, 0.717) is 29.2 Å². The Bertz CT molecular complexity index is 998. The molecule has 0 fully saturated rings. The first kappa shape index (κ1) is 20.5. The Morgan fingerprint density at radius 1 is 1.07 bits per heavy atom. The van der Waals surface area contributed by atoms with Gasteiger partial charge in [-0.3, -0.25) is 0 Å². The molecule has 0 aliphatic carbocycles. The predicted octanol–water partition coefficient (Wildman–Crippen LogP) is 3.90. The maximum Gasteiger partial charge on any atom is 0.241 e. The number of hydrogen-bond donors (Lipinski definition) is 1. The molecule has 7 heteroatoms. The first-order valence-electron chi connectivity index (χ1n) is 9.11. The summed E-state index contributed by atoms with van der Waals surface area (Å²) < 4.78 is 45.9. The van der Waals surface area contributed by atoms with Crippen LogP contribution in [0, 0.1) is 13.8 Å². The molecular weight excluding hydrogens is 378 g/mol. The lowest BCUT2D eigenvalue weighted by Crippen LogP contribution is -2.41. The van der Waals surface area contributed by atoms with Crippen molar-refractivity contribution in [3.05, 3.63) is 47.0 Å². The van der Waals surface area contributed by atoms with E-state index in [2.05, 4.69) is 4.72 Å². The van der Waals surface area contributed by atoms with E-state index < -0.39 is 21.7 Å². The third kappa shape index (κ3) is 3.82. The summed E-state index contributed by atoms with van der Waals surface area (Å²) in [6.07, 6.45) is 0.514. The zero-order chi connectivity index (χ0) is 20.7. The third-order valence-corrected chi connectivity index (χ3v) is 6.79. The normalized spacial score (nSPS) is 18.1. The van der Waals surface area contributed by atoms with E-state index in [4.69, 9.17) is 14.2 Å². The first-order chi connectivity index (χ1) is 13.1. The third-order valence-electron chi connectivity index (χ3n) is 5.17. The van der Waals surface area contributed by atoms with Gasteiger partial charge >= 0.3 is 0 Å². The maximum absolute atomic E-state index is 13.2. The van der Waals surface area contributed by atoms with E-state index >= 15 is 0 Å². The van der Waals surface area contributed by atoms with Gasteiger partial charge in [-0.1, -0.05) is 6.07 Å². The second-order valence-corrected chi connectivity index (χ2v) is 9.34. The Kier molecular flexibility index (Phi) is 5.34. The first-order valence-corrected chi connectivity index (χ1v) is 10.6. The van der Waals surface area contributed by atoms with Crippen LogP contribution in [0.25, 0.3) is 0 Å². The van der Waals surface area contributed by atoms with Crippen LogP contribution in [0.1, 0.15) is 43.0 Å². The summed E-state index contributed by atoms with van der Waals surface area (Å²) in [7, 11) is -0.578. The van der Waals surface area contributed by atoms with E-state index in [1.165, 1.54) is 0 Å². The predicted molar refractivity (Wildman–Crippen MR) is 108 cm³/mol. The molecule has 0 saturated heterocycles. The number of nitrogens with one attached hydrogen (secondary N) is 1. The molecule has 6 nitrogen and oxygen atoms in total. The minimum atomic E-state index is -3.74. The quantitative estimate of drug-likeness (QED) is 0.817. The van der Waals surface area contributed by atoms with Crippen molar-refractivity contribution in [1.82, 2.24) is 4.72 Å². The van der Waals surface area contributed by atoms with Crippen LogP contribution in [0.3, 0.4) is 0 Å². The zero-order valence-electron chi connectivity index (χ0n) is 17.1. The second kappa shape index (κ2) is 7.29. The monoisotopic (exact) mass is 405 g/mol. The topological polar surface area (TPSA) is 73.9 Å². The van der Waals surface area contributed by atoms with Crippen molar-refractivity contribution >= 4 is 10.0 Å². The van der Waals surface area contributed by atoms with E-state index in [-0.39, 0.29) is 4.90 Å². The van der Waals surface area contributed by atoms with Crippen LogP contribution in [0.5, 0.6) is 17.2 Å². The lowest BCUT2D eigenvalue weighted by atomic mass is 9.90. The van der Waals surface area contributed by atoms with Crippen molar-refractivity contribution < 1.29 is 22.6 Å². The highest BCUT2D eigenvalue weighted by molar-refractivity contribution is 7.89. The fraction of sp³-hybridized carbons (Fsp3) is 0.429. The molecule has 0 saturated carbocycles. The molecule has 28 heavy (non-hydrogen) atoms. The molecule has 2 aromatic carbocycles. The number of benzene rings is 2. The SMILES string of the molecule is COc1ccc2c(c1)OC(C)(C)C[C@H]2NS(=O)(=O)c1ccc(OC)c(C)c1C. The molecule has 0 aromatic heterocycles. The molecular formula is C21H27NO5S. The Labute approximate surface area is 166 Å². The van der Waals surface area contributed by atoms with Crippen LogP contribution in [-0.2, 0) is 10.0 Å². The molecule has 0 amide bonds. The van der Waals surface area contributed by atoms with Crippen LogP contribution in [0.4, 0.5) is 0 Å². The smallest absolute Gasteiger partial charge is 0.241 e. The summed E-state index contributed by atoms with van der Waals surface area (Å²) >= 11 is 0. The molecule has 1 atom stereocenters. The van der Waals surface area contributed by atoms with Gasteiger partial charge in [-0.25, -0.2) is 13.1 Å². The van der Waals surface area contributed by atoms with Gasteiger partial charge < -0.3 is 14.2 Å². The summed E-state index contributed by atoms with van der Waals surface area (Å²) in [5.41, 5.74) is 1.76. The molecule has 3 rings (SSSR count). The number of hydrogen-bond acceptors (Lipinski definition) is 5. The molecule has 1 aliphatic rings. The van der Waals surface area contributed by atoms with Gasteiger partial charge in [-0.15, -0.1) is 0 Å². The van der Waals surface area contributed by atoms with E-state index in [9.17, 15) is 8.42 Å². The van der Waals surface area contributed by atoms with Gasteiger partial charge in [0.05, 0.1) is 25.2 Å². The summed E-state index contributed by atoms with van der Waals surface area (Å²) in [5.74, 6) is 1.96. The molecule has 2 aromatic rings. The van der Waals surface area contributed by atoms with Crippen LogP contribution < -0.4 is 18.9 Å². The summed E-state index contributed by atoms with van der Waals surface area (Å²) in [6, 6.07) is 8.32. The van der Waals surface area contributed by atoms with E-state index in [1.807, 2.05) is 32.9 Å². The molecule has 1 N–H and O–H groups in total. The highest BCUT2D eigenvalue weighted by Gasteiger charge is 2.36. The molecule has 1 heterocycles. The van der Waals surface area contributed by atoms with Crippen molar-refractivity contribution in [3.63, 3.8) is 0 Å². The van der Waals surface area contributed by atoms with Crippen molar-refractivity contribution in [2.75, 3.05) is 14.2 Å². The second-order valence-electron chi connectivity index (χ2n) is 7.66. The van der Waals surface area contributed by atoms with Gasteiger partial charge in [0.2, 0.25) is 10.0 Å². The number of rotatable bonds is 5. The molecule has 152 valence electrons. The fourth-order valence-electron chi connectivity index (χ4n) is 3.60. The van der Waals surface area contributed by atoms with Gasteiger partial charge in [0.1, 0.15) is 22.8 Å². The molecule has 0 radical (unpaired) electrons. The van der Waals surface area contributed by atoms with E-state index in [1.54, 1.807) is 39.3 Å². The highest BCUT2D eigenvalue weighted by atomic mass is 32.2. The van der Waals surface area contributed by atoms with Crippen molar-refractivity contribution in [1.29, 1.82) is 0 Å². The summed E-state index contributed by atoms with van der Waals surface area (Å²) in [6.45, 7) is 7.53. The molecule has 1 aliphatic heterocycles. The van der Waals surface area contributed by atoms with Crippen LogP contribution in [0.2, 0.25) is 0 Å². The molecule has 0 spiro atoms. The Balaban J connectivity index is 2.00. The number of fused-ring (bicyclic) bond motifs is 1.